The van der Waals surface area contributed by atoms with Crippen LogP contribution in [0.15, 0.2) is 30.5 Å². The lowest BCUT2D eigenvalue weighted by Crippen LogP contribution is -2.49. The monoisotopic (exact) mass is 324 g/mol. The number of aryl methyl sites for hydroxylation is 3. The molecule has 1 aliphatic rings. The van der Waals surface area contributed by atoms with Crippen LogP contribution < -0.4 is 4.90 Å². The zero-order chi connectivity index (χ0) is 17.1. The Bertz CT molecular complexity index is 719. The molecule has 2 heterocycles. The second-order valence-corrected chi connectivity index (χ2v) is 6.45. The fourth-order valence-electron chi connectivity index (χ4n) is 2.98. The largest absolute Gasteiger partial charge is 0.352 e. The van der Waals surface area contributed by atoms with Crippen molar-refractivity contribution in [3.63, 3.8) is 0 Å². The smallest absolute Gasteiger partial charge is 0.227 e. The standard InChI is InChI=1S/C19H24N4O/c1-14-4-6-17(7-5-14)12-18(24)22-8-10-23(11-9-22)19-16(3)20-13-15(2)21-19/h4-7,13H,8-12H2,1-3H3. The normalized spacial score (nSPS) is 14.8. The van der Waals surface area contributed by atoms with Gasteiger partial charge in [-0.1, -0.05) is 29.8 Å². The molecule has 24 heavy (non-hydrogen) atoms. The van der Waals surface area contributed by atoms with Crippen molar-refractivity contribution in [2.24, 2.45) is 0 Å². The summed E-state index contributed by atoms with van der Waals surface area (Å²) in [6.45, 7) is 9.08. The molecule has 0 bridgehead atoms. The maximum atomic E-state index is 12.5. The average Bonchev–Trinajstić information content (AvgIpc) is 2.59. The number of nitrogens with zero attached hydrogens (tertiary/aromatic N) is 4. The summed E-state index contributed by atoms with van der Waals surface area (Å²) in [5.41, 5.74) is 4.16. The van der Waals surface area contributed by atoms with E-state index in [-0.39, 0.29) is 5.91 Å². The number of piperazine rings is 1. The van der Waals surface area contributed by atoms with Gasteiger partial charge < -0.3 is 9.80 Å². The third kappa shape index (κ3) is 3.72. The highest BCUT2D eigenvalue weighted by molar-refractivity contribution is 5.79. The van der Waals surface area contributed by atoms with E-state index in [1.807, 2.05) is 30.9 Å². The molecule has 0 spiro atoms. The van der Waals surface area contributed by atoms with Crippen LogP contribution in [0.25, 0.3) is 0 Å². The maximum absolute atomic E-state index is 12.5. The molecule has 2 aromatic rings. The van der Waals surface area contributed by atoms with Crippen LogP contribution in [-0.2, 0) is 11.2 Å². The lowest BCUT2D eigenvalue weighted by molar-refractivity contribution is -0.130. The van der Waals surface area contributed by atoms with Crippen molar-refractivity contribution in [1.29, 1.82) is 0 Å². The van der Waals surface area contributed by atoms with Crippen molar-refractivity contribution < 1.29 is 4.79 Å². The van der Waals surface area contributed by atoms with Crippen LogP contribution in [0.2, 0.25) is 0 Å². The van der Waals surface area contributed by atoms with Gasteiger partial charge in [0.25, 0.3) is 0 Å². The number of carbonyl (C=O) groups excluding carboxylic acids is 1. The molecule has 3 rings (SSSR count). The van der Waals surface area contributed by atoms with Crippen LogP contribution in [0.4, 0.5) is 5.82 Å². The molecule has 0 radical (unpaired) electrons. The predicted octanol–water partition coefficient (Wildman–Crippen LogP) is 2.29. The number of aromatic nitrogens is 2. The van der Waals surface area contributed by atoms with Crippen molar-refractivity contribution in [3.8, 4) is 0 Å². The van der Waals surface area contributed by atoms with E-state index in [4.69, 9.17) is 0 Å². The Morgan fingerprint density at radius 1 is 1.04 bits per heavy atom. The molecule has 0 unspecified atom stereocenters. The van der Waals surface area contributed by atoms with E-state index in [9.17, 15) is 4.79 Å². The molecular formula is C19H24N4O. The fourth-order valence-corrected chi connectivity index (χ4v) is 2.98. The molecule has 0 atom stereocenters. The molecule has 1 aromatic carbocycles. The van der Waals surface area contributed by atoms with Gasteiger partial charge in [-0.25, -0.2) is 4.98 Å². The first-order valence-electron chi connectivity index (χ1n) is 8.41. The van der Waals surface area contributed by atoms with Gasteiger partial charge in [-0.15, -0.1) is 0 Å². The summed E-state index contributed by atoms with van der Waals surface area (Å²) in [6, 6.07) is 8.18. The molecule has 126 valence electrons. The lowest BCUT2D eigenvalue weighted by atomic mass is 10.1. The molecule has 0 N–H and O–H groups in total. The van der Waals surface area contributed by atoms with E-state index in [0.717, 1.165) is 48.9 Å². The van der Waals surface area contributed by atoms with E-state index < -0.39 is 0 Å². The number of benzene rings is 1. The predicted molar refractivity (Wildman–Crippen MR) is 95.2 cm³/mol. The first-order valence-corrected chi connectivity index (χ1v) is 8.41. The highest BCUT2D eigenvalue weighted by atomic mass is 16.2. The summed E-state index contributed by atoms with van der Waals surface area (Å²) in [5.74, 6) is 1.14. The molecule has 1 saturated heterocycles. The second kappa shape index (κ2) is 6.99. The zero-order valence-electron chi connectivity index (χ0n) is 14.6. The summed E-state index contributed by atoms with van der Waals surface area (Å²) in [7, 11) is 0. The highest BCUT2D eigenvalue weighted by Crippen LogP contribution is 2.18. The molecule has 0 aliphatic carbocycles. The van der Waals surface area contributed by atoms with Gasteiger partial charge in [0.2, 0.25) is 5.91 Å². The van der Waals surface area contributed by atoms with Crippen LogP contribution in [0.3, 0.4) is 0 Å². The Kier molecular flexibility index (Phi) is 4.79. The maximum Gasteiger partial charge on any atom is 0.227 e. The third-order valence-electron chi connectivity index (χ3n) is 4.46. The number of carbonyl (C=O) groups is 1. The van der Waals surface area contributed by atoms with Crippen molar-refractivity contribution in [1.82, 2.24) is 14.9 Å². The molecule has 1 amide bonds. The van der Waals surface area contributed by atoms with Gasteiger partial charge in [-0.2, -0.15) is 0 Å². The Morgan fingerprint density at radius 3 is 2.38 bits per heavy atom. The molecule has 1 aromatic heterocycles. The van der Waals surface area contributed by atoms with E-state index in [2.05, 4.69) is 33.9 Å². The van der Waals surface area contributed by atoms with Crippen LogP contribution in [-0.4, -0.2) is 47.0 Å². The van der Waals surface area contributed by atoms with Crippen molar-refractivity contribution in [2.75, 3.05) is 31.1 Å². The summed E-state index contributed by atoms with van der Waals surface area (Å²) in [4.78, 5) is 25.7. The molecule has 5 heteroatoms. The molecular weight excluding hydrogens is 300 g/mol. The molecule has 0 saturated carbocycles. The summed E-state index contributed by atoms with van der Waals surface area (Å²) in [5, 5.41) is 0. The summed E-state index contributed by atoms with van der Waals surface area (Å²) < 4.78 is 0. The zero-order valence-corrected chi connectivity index (χ0v) is 14.6. The number of amides is 1. The van der Waals surface area contributed by atoms with Crippen molar-refractivity contribution >= 4 is 11.7 Å². The number of anilines is 1. The van der Waals surface area contributed by atoms with Gasteiger partial charge in [0, 0.05) is 32.4 Å². The SMILES string of the molecule is Cc1ccc(CC(=O)N2CCN(c3nc(C)cnc3C)CC2)cc1. The quantitative estimate of drug-likeness (QED) is 0.869. The lowest BCUT2D eigenvalue weighted by Gasteiger charge is -2.36. The van der Waals surface area contributed by atoms with Crippen LogP contribution in [0.1, 0.15) is 22.5 Å². The van der Waals surface area contributed by atoms with Gasteiger partial charge in [-0.05, 0) is 26.3 Å². The van der Waals surface area contributed by atoms with Crippen molar-refractivity contribution in [2.45, 2.75) is 27.2 Å². The van der Waals surface area contributed by atoms with Crippen LogP contribution >= 0.6 is 0 Å². The Morgan fingerprint density at radius 2 is 1.71 bits per heavy atom. The number of hydrogen-bond donors (Lipinski definition) is 0. The minimum atomic E-state index is 0.200. The van der Waals surface area contributed by atoms with Gasteiger partial charge in [0.1, 0.15) is 5.82 Å². The van der Waals surface area contributed by atoms with E-state index in [1.165, 1.54) is 5.56 Å². The van der Waals surface area contributed by atoms with E-state index in [1.54, 1.807) is 6.20 Å². The third-order valence-corrected chi connectivity index (χ3v) is 4.46. The topological polar surface area (TPSA) is 49.3 Å². The number of rotatable bonds is 3. The van der Waals surface area contributed by atoms with Gasteiger partial charge in [0.15, 0.2) is 0 Å². The van der Waals surface area contributed by atoms with Crippen LogP contribution in [0.5, 0.6) is 0 Å². The summed E-state index contributed by atoms with van der Waals surface area (Å²) in [6.07, 6.45) is 2.27. The Labute approximate surface area is 143 Å². The van der Waals surface area contributed by atoms with Crippen LogP contribution in [0, 0.1) is 20.8 Å². The number of hydrogen-bond acceptors (Lipinski definition) is 4. The van der Waals surface area contributed by atoms with E-state index >= 15 is 0 Å². The first kappa shape index (κ1) is 16.4. The highest BCUT2D eigenvalue weighted by Gasteiger charge is 2.23. The Balaban J connectivity index is 1.59. The Hall–Kier alpha value is -2.43. The summed E-state index contributed by atoms with van der Waals surface area (Å²) >= 11 is 0. The molecule has 5 nitrogen and oxygen atoms in total. The van der Waals surface area contributed by atoms with Gasteiger partial charge in [-0.3, -0.25) is 9.78 Å². The van der Waals surface area contributed by atoms with Gasteiger partial charge >= 0.3 is 0 Å². The second-order valence-electron chi connectivity index (χ2n) is 6.45. The first-order chi connectivity index (χ1) is 11.5. The average molecular weight is 324 g/mol. The van der Waals surface area contributed by atoms with Gasteiger partial charge in [0.05, 0.1) is 17.8 Å². The van der Waals surface area contributed by atoms with E-state index in [0.29, 0.717) is 6.42 Å². The minimum Gasteiger partial charge on any atom is -0.352 e. The fraction of sp³-hybridized carbons (Fsp3) is 0.421. The minimum absolute atomic E-state index is 0.200. The molecule has 1 aliphatic heterocycles. The van der Waals surface area contributed by atoms with Crippen molar-refractivity contribution in [3.05, 3.63) is 53.0 Å². The molecule has 1 fully saturated rings.